The minimum absolute atomic E-state index is 0.956. The van der Waals surface area contributed by atoms with E-state index in [1.165, 1.54) is 29.5 Å². The fourth-order valence-electron chi connectivity index (χ4n) is 1.85. The number of hydrogen-bond acceptors (Lipinski definition) is 1. The molecule has 0 saturated heterocycles. The zero-order chi connectivity index (χ0) is 11.8. The van der Waals surface area contributed by atoms with E-state index in [0.717, 1.165) is 19.4 Å². The predicted molar refractivity (Wildman–Crippen MR) is 72.6 cm³/mol. The Morgan fingerprint density at radius 2 is 1.69 bits per heavy atom. The number of benzene rings is 1. The molecule has 0 aliphatic carbocycles. The molecule has 0 atom stereocenters. The van der Waals surface area contributed by atoms with Crippen LogP contribution in [0.1, 0.15) is 50.3 Å². The summed E-state index contributed by atoms with van der Waals surface area (Å²) in [5.74, 6) is 0. The molecule has 0 fully saturated rings. The Morgan fingerprint density at radius 3 is 2.19 bits per heavy atom. The highest BCUT2D eigenvalue weighted by molar-refractivity contribution is 5.84. The van der Waals surface area contributed by atoms with Crippen LogP contribution in [0.4, 0.5) is 0 Å². The molecule has 0 aliphatic rings. The highest BCUT2D eigenvalue weighted by Gasteiger charge is 2.02. The molecule has 0 spiro atoms. The lowest BCUT2D eigenvalue weighted by Crippen LogP contribution is -1.98. The molecule has 0 bridgehead atoms. The molecule has 0 heterocycles. The van der Waals surface area contributed by atoms with Crippen molar-refractivity contribution in [2.24, 2.45) is 4.99 Å². The summed E-state index contributed by atoms with van der Waals surface area (Å²) in [6, 6.07) is 6.57. The molecule has 16 heavy (non-hydrogen) atoms. The van der Waals surface area contributed by atoms with E-state index in [1.807, 2.05) is 0 Å². The van der Waals surface area contributed by atoms with Gasteiger partial charge in [-0.3, -0.25) is 4.99 Å². The molecular weight excluding hydrogens is 194 g/mol. The van der Waals surface area contributed by atoms with Gasteiger partial charge in [-0.2, -0.15) is 0 Å². The maximum atomic E-state index is 4.52. The third-order valence-corrected chi connectivity index (χ3v) is 2.91. The van der Waals surface area contributed by atoms with Crippen LogP contribution in [-0.4, -0.2) is 12.8 Å². The zero-order valence-electron chi connectivity index (χ0n) is 10.8. The summed E-state index contributed by atoms with van der Waals surface area (Å²) in [5, 5.41) is 0. The minimum Gasteiger partial charge on any atom is -0.293 e. The summed E-state index contributed by atoms with van der Waals surface area (Å²) in [6.07, 6.45) is 6.65. The van der Waals surface area contributed by atoms with Gasteiger partial charge in [0.1, 0.15) is 0 Å². The smallest absolute Gasteiger partial charge is 0.0389 e. The van der Waals surface area contributed by atoms with E-state index in [4.69, 9.17) is 0 Å². The van der Waals surface area contributed by atoms with Crippen LogP contribution in [0.5, 0.6) is 0 Å². The fraction of sp³-hybridized carbons (Fsp3) is 0.533. The second-order valence-electron chi connectivity index (χ2n) is 4.09. The summed E-state index contributed by atoms with van der Waals surface area (Å²) >= 11 is 0. The van der Waals surface area contributed by atoms with Crippen molar-refractivity contribution in [3.8, 4) is 0 Å². The Balaban J connectivity index is 2.86. The lowest BCUT2D eigenvalue weighted by molar-refractivity contribution is 0.810. The molecule has 0 aliphatic heterocycles. The number of rotatable bonds is 6. The normalized spacial score (nSPS) is 11.2. The summed E-state index contributed by atoms with van der Waals surface area (Å²) in [6.45, 7) is 7.57. The number of aliphatic imine (C=N–C) groups is 1. The van der Waals surface area contributed by atoms with E-state index in [1.54, 1.807) is 0 Å². The Morgan fingerprint density at radius 1 is 1.06 bits per heavy atom. The number of nitrogens with zero attached hydrogens (tertiary/aromatic N) is 1. The van der Waals surface area contributed by atoms with Crippen molar-refractivity contribution in [3.05, 3.63) is 34.9 Å². The van der Waals surface area contributed by atoms with Crippen LogP contribution in [-0.2, 0) is 12.8 Å². The van der Waals surface area contributed by atoms with Crippen molar-refractivity contribution >= 4 is 6.21 Å². The van der Waals surface area contributed by atoms with E-state index in [2.05, 4.69) is 50.2 Å². The average molecular weight is 217 g/mol. The van der Waals surface area contributed by atoms with Crippen LogP contribution in [0, 0.1) is 0 Å². The van der Waals surface area contributed by atoms with Gasteiger partial charge in [0.2, 0.25) is 0 Å². The molecule has 88 valence electrons. The topological polar surface area (TPSA) is 12.4 Å². The van der Waals surface area contributed by atoms with Gasteiger partial charge in [0.05, 0.1) is 0 Å². The first kappa shape index (κ1) is 13.0. The van der Waals surface area contributed by atoms with Crippen LogP contribution in [0.2, 0.25) is 0 Å². The van der Waals surface area contributed by atoms with Crippen LogP contribution in [0.3, 0.4) is 0 Å². The molecule has 1 heteroatoms. The van der Waals surface area contributed by atoms with Gasteiger partial charge in [-0.05, 0) is 36.0 Å². The molecule has 1 aromatic carbocycles. The van der Waals surface area contributed by atoms with Gasteiger partial charge >= 0.3 is 0 Å². The van der Waals surface area contributed by atoms with Crippen molar-refractivity contribution in [1.29, 1.82) is 0 Å². The first-order chi connectivity index (χ1) is 7.83. The van der Waals surface area contributed by atoms with Gasteiger partial charge < -0.3 is 0 Å². The van der Waals surface area contributed by atoms with Crippen LogP contribution >= 0.6 is 0 Å². The van der Waals surface area contributed by atoms with Gasteiger partial charge in [-0.25, -0.2) is 0 Å². The number of unbranched alkanes of at least 4 members (excludes halogenated alkanes) is 1. The van der Waals surface area contributed by atoms with Crippen molar-refractivity contribution in [1.82, 2.24) is 0 Å². The lowest BCUT2D eigenvalue weighted by Gasteiger charge is -2.08. The molecule has 0 radical (unpaired) electrons. The van der Waals surface area contributed by atoms with E-state index in [0.29, 0.717) is 0 Å². The van der Waals surface area contributed by atoms with Crippen LogP contribution in [0.25, 0.3) is 0 Å². The highest BCUT2D eigenvalue weighted by Crippen LogP contribution is 2.14. The molecule has 1 aromatic rings. The summed E-state index contributed by atoms with van der Waals surface area (Å²) < 4.78 is 0. The molecule has 0 N–H and O–H groups in total. The average Bonchev–Trinajstić information content (AvgIpc) is 2.34. The monoisotopic (exact) mass is 217 g/mol. The zero-order valence-corrected chi connectivity index (χ0v) is 10.8. The third kappa shape index (κ3) is 3.48. The maximum Gasteiger partial charge on any atom is 0.0389 e. The number of hydrogen-bond donors (Lipinski definition) is 0. The first-order valence-corrected chi connectivity index (χ1v) is 6.44. The third-order valence-electron chi connectivity index (χ3n) is 2.91. The molecular formula is C15H23N. The fourth-order valence-corrected chi connectivity index (χ4v) is 1.85. The Kier molecular flexibility index (Phi) is 5.84. The van der Waals surface area contributed by atoms with Crippen LogP contribution in [0.15, 0.2) is 23.2 Å². The Hall–Kier alpha value is -1.11. The largest absolute Gasteiger partial charge is 0.293 e. The van der Waals surface area contributed by atoms with Crippen molar-refractivity contribution in [2.45, 2.75) is 46.5 Å². The van der Waals surface area contributed by atoms with E-state index in [9.17, 15) is 0 Å². The molecule has 0 unspecified atom stereocenters. The van der Waals surface area contributed by atoms with Gasteiger partial charge in [-0.1, -0.05) is 45.4 Å². The second-order valence-corrected chi connectivity index (χ2v) is 4.09. The number of aryl methyl sites for hydroxylation is 2. The predicted octanol–water partition coefficient (Wildman–Crippen LogP) is 4.03. The van der Waals surface area contributed by atoms with Gasteiger partial charge in [-0.15, -0.1) is 0 Å². The van der Waals surface area contributed by atoms with Crippen molar-refractivity contribution in [2.75, 3.05) is 6.54 Å². The van der Waals surface area contributed by atoms with Crippen molar-refractivity contribution in [3.63, 3.8) is 0 Å². The maximum absolute atomic E-state index is 4.52. The van der Waals surface area contributed by atoms with Crippen molar-refractivity contribution < 1.29 is 0 Å². The Bertz CT molecular complexity index is 317. The first-order valence-electron chi connectivity index (χ1n) is 6.44. The van der Waals surface area contributed by atoms with E-state index >= 15 is 0 Å². The van der Waals surface area contributed by atoms with E-state index < -0.39 is 0 Å². The summed E-state index contributed by atoms with van der Waals surface area (Å²) in [4.78, 5) is 4.52. The molecule has 0 amide bonds. The molecule has 0 aromatic heterocycles. The Labute approximate surface area is 99.6 Å². The van der Waals surface area contributed by atoms with E-state index in [-0.39, 0.29) is 0 Å². The minimum atomic E-state index is 0.956. The van der Waals surface area contributed by atoms with Crippen LogP contribution < -0.4 is 0 Å². The van der Waals surface area contributed by atoms with Gasteiger partial charge in [0.15, 0.2) is 0 Å². The summed E-state index contributed by atoms with van der Waals surface area (Å²) in [5.41, 5.74) is 4.18. The highest BCUT2D eigenvalue weighted by atomic mass is 14.7. The SMILES string of the molecule is CCCC/N=C/c1c(CC)cccc1CC. The van der Waals surface area contributed by atoms with Gasteiger partial charge in [0.25, 0.3) is 0 Å². The molecule has 1 rings (SSSR count). The van der Waals surface area contributed by atoms with Gasteiger partial charge in [0, 0.05) is 12.8 Å². The quantitative estimate of drug-likeness (QED) is 0.504. The lowest BCUT2D eigenvalue weighted by atomic mass is 9.98. The standard InChI is InChI=1S/C15H23N/c1-4-7-11-16-12-15-13(5-2)9-8-10-14(15)6-3/h8-10,12H,4-7,11H2,1-3H3/b16-12+. The second kappa shape index (κ2) is 7.21. The summed E-state index contributed by atoms with van der Waals surface area (Å²) in [7, 11) is 0. The molecule has 0 saturated carbocycles. The molecule has 1 nitrogen and oxygen atoms in total.